The molecule has 0 radical (unpaired) electrons. The van der Waals surface area contributed by atoms with Crippen LogP contribution in [0.1, 0.15) is 46.0 Å². The highest BCUT2D eigenvalue weighted by Gasteiger charge is 2.44. The maximum atomic E-state index is 13.3. The Morgan fingerprint density at radius 3 is 2.34 bits per heavy atom. The first-order valence-electron chi connectivity index (χ1n) is 11.3. The van der Waals surface area contributed by atoms with Crippen molar-refractivity contribution >= 4 is 42.2 Å². The van der Waals surface area contributed by atoms with Crippen LogP contribution in [0, 0.1) is 5.92 Å². The van der Waals surface area contributed by atoms with Crippen LogP contribution in [0.25, 0.3) is 0 Å². The van der Waals surface area contributed by atoms with Crippen LogP contribution in [0.5, 0.6) is 0 Å². The number of nitrogens with one attached hydrogen (secondary N) is 3. The van der Waals surface area contributed by atoms with E-state index in [0.717, 1.165) is 0 Å². The maximum Gasteiger partial charge on any atom is 0.246 e. The van der Waals surface area contributed by atoms with Crippen LogP contribution in [0.3, 0.4) is 0 Å². The molecule has 0 aromatic carbocycles. The second-order valence-corrected chi connectivity index (χ2v) is 9.39. The molecule has 0 unspecified atom stereocenters. The summed E-state index contributed by atoms with van der Waals surface area (Å²) < 4.78 is 0. The number of hydrogen-bond donors (Lipinski definition) is 4. The largest absolute Gasteiger partial charge is 0.353 e. The predicted molar refractivity (Wildman–Crippen MR) is 120 cm³/mol. The first-order valence-corrected chi connectivity index (χ1v) is 12.0. The molecule has 0 aliphatic carbocycles. The summed E-state index contributed by atoms with van der Waals surface area (Å²) in [5, 5.41) is 8.10. The van der Waals surface area contributed by atoms with Gasteiger partial charge in [0, 0.05) is 25.4 Å². The molecule has 3 heterocycles. The molecule has 10 nitrogen and oxygen atoms in total. The van der Waals surface area contributed by atoms with Crippen LogP contribution in [-0.4, -0.2) is 88.9 Å². The number of carbonyl (C=O) groups excluding carboxylic acids is 5. The Morgan fingerprint density at radius 2 is 1.69 bits per heavy atom. The number of thiol groups is 1. The average molecular weight is 468 g/mol. The Balaban J connectivity index is 1.94. The third-order valence-electron chi connectivity index (χ3n) is 6.37. The smallest absolute Gasteiger partial charge is 0.246 e. The molecule has 0 saturated carbocycles. The summed E-state index contributed by atoms with van der Waals surface area (Å²) in [5.74, 6) is -1.84. The van der Waals surface area contributed by atoms with Gasteiger partial charge in [-0.1, -0.05) is 13.8 Å². The Labute approximate surface area is 193 Å². The minimum atomic E-state index is -1.11. The van der Waals surface area contributed by atoms with E-state index < -0.39 is 36.0 Å². The van der Waals surface area contributed by atoms with Gasteiger partial charge in [0.15, 0.2) is 0 Å². The lowest BCUT2D eigenvalue weighted by molar-refractivity contribution is -0.147. The number of rotatable bonds is 4. The van der Waals surface area contributed by atoms with Crippen LogP contribution < -0.4 is 16.0 Å². The van der Waals surface area contributed by atoms with Crippen molar-refractivity contribution in [2.24, 2.45) is 5.92 Å². The summed E-state index contributed by atoms with van der Waals surface area (Å²) in [6.07, 6.45) is 2.14. The van der Waals surface area contributed by atoms with Gasteiger partial charge in [0.05, 0.1) is 6.42 Å². The predicted octanol–water partition coefficient (Wildman–Crippen LogP) is -0.956. The third kappa shape index (κ3) is 5.19. The topological polar surface area (TPSA) is 128 Å². The van der Waals surface area contributed by atoms with E-state index >= 15 is 0 Å². The third-order valence-corrected chi connectivity index (χ3v) is 6.59. The molecule has 0 spiro atoms. The number of amides is 5. The second-order valence-electron chi connectivity index (χ2n) is 8.95. The van der Waals surface area contributed by atoms with E-state index in [0.29, 0.717) is 44.5 Å². The molecule has 5 amide bonds. The van der Waals surface area contributed by atoms with Gasteiger partial charge in [0.25, 0.3) is 0 Å². The highest BCUT2D eigenvalue weighted by Crippen LogP contribution is 2.26. The fourth-order valence-corrected chi connectivity index (χ4v) is 4.78. The van der Waals surface area contributed by atoms with Crippen LogP contribution >= 0.6 is 12.6 Å². The molecular formula is C21H33N5O5S. The summed E-state index contributed by atoms with van der Waals surface area (Å²) in [6, 6.07) is -3.31. The SMILES string of the molecule is CC(C)[C@@H]1NC(=O)[C@H]2CCCN2C(=O)[C@@H]2CCCN2C(=O)C[C@@H](C(=O)NCCS)NC1=O. The van der Waals surface area contributed by atoms with Crippen molar-refractivity contribution in [2.45, 2.75) is 70.1 Å². The zero-order valence-electron chi connectivity index (χ0n) is 18.6. The van der Waals surface area contributed by atoms with E-state index in [1.165, 1.54) is 4.90 Å². The van der Waals surface area contributed by atoms with Gasteiger partial charge in [-0.15, -0.1) is 0 Å². The minimum Gasteiger partial charge on any atom is -0.353 e. The van der Waals surface area contributed by atoms with Crippen molar-refractivity contribution in [1.82, 2.24) is 25.8 Å². The fourth-order valence-electron chi connectivity index (χ4n) is 4.67. The Kier molecular flexibility index (Phi) is 8.02. The molecule has 3 saturated heterocycles. The quantitative estimate of drug-likeness (QED) is 0.396. The highest BCUT2D eigenvalue weighted by atomic mass is 32.1. The lowest BCUT2D eigenvalue weighted by atomic mass is 10.0. The van der Waals surface area contributed by atoms with Gasteiger partial charge in [-0.05, 0) is 31.6 Å². The fraction of sp³-hybridized carbons (Fsp3) is 0.762. The first-order chi connectivity index (χ1) is 15.2. The van der Waals surface area contributed by atoms with Gasteiger partial charge < -0.3 is 25.8 Å². The van der Waals surface area contributed by atoms with Crippen molar-refractivity contribution in [2.75, 3.05) is 25.4 Å². The summed E-state index contributed by atoms with van der Waals surface area (Å²) in [4.78, 5) is 68.3. The monoisotopic (exact) mass is 467 g/mol. The standard InChI is InChI=1S/C21H33N5O5S/c1-12(2)17-20(30)23-13(18(28)22-7-10-32)11-16(27)25-8-4-6-15(25)21(31)26-9-3-5-14(26)19(29)24-17/h12-15,17,32H,3-11H2,1-2H3,(H,22,28)(H,23,30)(H,24,29)/t13-,14+,15-,17-/m0/s1. The molecule has 3 aliphatic rings. The second kappa shape index (κ2) is 10.5. The average Bonchev–Trinajstić information content (AvgIpc) is 3.43. The van der Waals surface area contributed by atoms with E-state index in [-0.39, 0.29) is 36.6 Å². The molecule has 3 fully saturated rings. The van der Waals surface area contributed by atoms with E-state index in [1.54, 1.807) is 18.7 Å². The molecule has 11 heteroatoms. The molecule has 4 atom stereocenters. The first kappa shape index (κ1) is 24.3. The summed E-state index contributed by atoms with van der Waals surface area (Å²) in [6.45, 7) is 4.72. The normalized spacial score (nSPS) is 29.5. The van der Waals surface area contributed by atoms with Gasteiger partial charge in [0.2, 0.25) is 29.5 Å². The maximum absolute atomic E-state index is 13.3. The van der Waals surface area contributed by atoms with Gasteiger partial charge in [0.1, 0.15) is 24.2 Å². The highest BCUT2D eigenvalue weighted by molar-refractivity contribution is 7.80. The van der Waals surface area contributed by atoms with Gasteiger partial charge in [-0.3, -0.25) is 24.0 Å². The van der Waals surface area contributed by atoms with E-state index in [9.17, 15) is 24.0 Å². The molecule has 3 rings (SSSR count). The number of nitrogens with zero attached hydrogens (tertiary/aromatic N) is 2. The van der Waals surface area contributed by atoms with Crippen molar-refractivity contribution in [3.63, 3.8) is 0 Å². The van der Waals surface area contributed by atoms with E-state index in [4.69, 9.17) is 0 Å². The Hall–Kier alpha value is -2.30. The zero-order chi connectivity index (χ0) is 23.4. The molecule has 0 aromatic rings. The summed E-state index contributed by atoms with van der Waals surface area (Å²) in [5.41, 5.74) is 0. The van der Waals surface area contributed by atoms with E-state index in [2.05, 4.69) is 28.6 Å². The summed E-state index contributed by atoms with van der Waals surface area (Å²) >= 11 is 4.08. The molecule has 0 aromatic heterocycles. The van der Waals surface area contributed by atoms with Crippen molar-refractivity contribution < 1.29 is 24.0 Å². The molecule has 0 bridgehead atoms. The molecule has 32 heavy (non-hydrogen) atoms. The summed E-state index contributed by atoms with van der Waals surface area (Å²) in [7, 11) is 0. The molecule has 3 N–H and O–H groups in total. The van der Waals surface area contributed by atoms with Crippen LogP contribution in [0.2, 0.25) is 0 Å². The lowest BCUT2D eigenvalue weighted by Gasteiger charge is -2.31. The Morgan fingerprint density at radius 1 is 1.03 bits per heavy atom. The van der Waals surface area contributed by atoms with Crippen molar-refractivity contribution in [1.29, 1.82) is 0 Å². The number of hydrogen-bond acceptors (Lipinski definition) is 6. The van der Waals surface area contributed by atoms with Gasteiger partial charge >= 0.3 is 0 Å². The van der Waals surface area contributed by atoms with Crippen LogP contribution in [0.15, 0.2) is 0 Å². The molecular weight excluding hydrogens is 434 g/mol. The van der Waals surface area contributed by atoms with Gasteiger partial charge in [-0.25, -0.2) is 0 Å². The number of fused-ring (bicyclic) bond motifs is 2. The van der Waals surface area contributed by atoms with E-state index in [1.807, 2.05) is 0 Å². The van der Waals surface area contributed by atoms with Crippen LogP contribution in [0.4, 0.5) is 0 Å². The molecule has 178 valence electrons. The lowest BCUT2D eigenvalue weighted by Crippen LogP contribution is -2.58. The van der Waals surface area contributed by atoms with Crippen molar-refractivity contribution in [3.8, 4) is 0 Å². The van der Waals surface area contributed by atoms with Crippen LogP contribution in [-0.2, 0) is 24.0 Å². The van der Waals surface area contributed by atoms with Crippen molar-refractivity contribution in [3.05, 3.63) is 0 Å². The molecule has 3 aliphatic heterocycles. The van der Waals surface area contributed by atoms with Gasteiger partial charge in [-0.2, -0.15) is 12.6 Å². The number of carbonyl (C=O) groups is 5. The minimum absolute atomic E-state index is 0.232. The Bertz CT molecular complexity index is 766. The zero-order valence-corrected chi connectivity index (χ0v) is 19.5.